The minimum Gasteiger partial charge on any atom is -0.294 e. The summed E-state index contributed by atoms with van der Waals surface area (Å²) < 4.78 is 36.5. The minimum absolute atomic E-state index is 0.0845. The standard InChI is InChI=1S/C50H79BrFN3S4/c1-6-8-10-12-14-16-18-20-22-24-26-28-30-32-34-50(35-33-31-29-27-25-23-21-19-17-15-13-11-9-7-2)39-36-43(45-42(52)38-41(51)46-47(45)55-58-54-46)56-48(39)49-40(50)37-44(57-49)59(3,4,5)53/h36-38,53H,6-35H2,1-5H3. The maximum absolute atomic E-state index is 16.0. The number of rotatable bonds is 32. The maximum Gasteiger partial charge on any atom is 0.135 e. The van der Waals surface area contributed by atoms with E-state index in [4.69, 9.17) is 0 Å². The normalized spacial score (nSPS) is 14.3. The van der Waals surface area contributed by atoms with Crippen molar-refractivity contribution in [2.75, 3.05) is 18.8 Å². The fourth-order valence-electron chi connectivity index (χ4n) is 9.44. The fourth-order valence-corrected chi connectivity index (χ4v) is 15.0. The number of fused-ring (bicyclic) bond motifs is 4. The first-order chi connectivity index (χ1) is 28.5. The molecule has 1 N–H and O–H groups in total. The lowest BCUT2D eigenvalue weighted by Gasteiger charge is -2.34. The molecule has 3 heterocycles. The van der Waals surface area contributed by atoms with Gasteiger partial charge in [0.15, 0.2) is 0 Å². The summed E-state index contributed by atoms with van der Waals surface area (Å²) >= 11 is 8.32. The van der Waals surface area contributed by atoms with Crippen LogP contribution in [-0.4, -0.2) is 27.5 Å². The summed E-state index contributed by atoms with van der Waals surface area (Å²) in [5, 5.41) is 0. The van der Waals surface area contributed by atoms with Crippen LogP contribution in [0.2, 0.25) is 0 Å². The van der Waals surface area contributed by atoms with Crippen molar-refractivity contribution >= 4 is 70.3 Å². The van der Waals surface area contributed by atoms with Gasteiger partial charge >= 0.3 is 0 Å². The summed E-state index contributed by atoms with van der Waals surface area (Å²) in [6.45, 7) is 4.60. The Morgan fingerprint density at radius 3 is 1.39 bits per heavy atom. The number of benzene rings is 1. The number of hydrogen-bond acceptors (Lipinski definition) is 6. The zero-order valence-corrected chi connectivity index (χ0v) is 42.6. The van der Waals surface area contributed by atoms with E-state index in [2.05, 4.69) is 69.4 Å². The van der Waals surface area contributed by atoms with Gasteiger partial charge in [-0.1, -0.05) is 194 Å². The highest BCUT2D eigenvalue weighted by atomic mass is 79.9. The summed E-state index contributed by atoms with van der Waals surface area (Å²) in [6, 6.07) is 6.40. The van der Waals surface area contributed by atoms with Crippen molar-refractivity contribution in [3.63, 3.8) is 0 Å². The van der Waals surface area contributed by atoms with Gasteiger partial charge in [-0.05, 0) is 76.9 Å². The number of thiophene rings is 2. The molecule has 4 aromatic rings. The molecule has 0 amide bonds. The third-order valence-electron chi connectivity index (χ3n) is 13.0. The molecule has 0 saturated heterocycles. The molecule has 1 aromatic carbocycles. The van der Waals surface area contributed by atoms with E-state index in [1.54, 1.807) is 17.4 Å². The molecule has 0 aliphatic heterocycles. The predicted octanol–water partition coefficient (Wildman–Crippen LogP) is 19.1. The number of nitrogens with zero attached hydrogens (tertiary/aromatic N) is 2. The second kappa shape index (κ2) is 24.2. The molecular weight excluding hydrogens is 870 g/mol. The average Bonchev–Trinajstić information content (AvgIpc) is 3.99. The molecule has 332 valence electrons. The van der Waals surface area contributed by atoms with Crippen LogP contribution in [0.25, 0.3) is 31.2 Å². The van der Waals surface area contributed by atoms with E-state index in [0.29, 0.717) is 15.6 Å². The van der Waals surface area contributed by atoms with E-state index in [1.807, 2.05) is 11.3 Å². The van der Waals surface area contributed by atoms with Crippen molar-refractivity contribution in [3.8, 4) is 20.2 Å². The van der Waals surface area contributed by atoms with Crippen LogP contribution in [0.5, 0.6) is 0 Å². The molecule has 0 saturated carbocycles. The van der Waals surface area contributed by atoms with E-state index >= 15 is 4.39 Å². The first-order valence-electron chi connectivity index (χ1n) is 24.0. The van der Waals surface area contributed by atoms with Crippen LogP contribution < -0.4 is 0 Å². The first kappa shape index (κ1) is 49.0. The predicted molar refractivity (Wildman–Crippen MR) is 268 cm³/mol. The molecule has 9 heteroatoms. The van der Waals surface area contributed by atoms with Gasteiger partial charge in [-0.15, -0.1) is 22.7 Å². The van der Waals surface area contributed by atoms with Gasteiger partial charge in [0.25, 0.3) is 0 Å². The van der Waals surface area contributed by atoms with Crippen LogP contribution >= 0.6 is 50.3 Å². The van der Waals surface area contributed by atoms with Gasteiger partial charge in [0.05, 0.1) is 21.5 Å². The Bertz CT molecular complexity index is 1870. The van der Waals surface area contributed by atoms with E-state index < -0.39 is 8.96 Å². The van der Waals surface area contributed by atoms with Gasteiger partial charge in [-0.3, -0.25) is 4.78 Å². The van der Waals surface area contributed by atoms with E-state index in [1.165, 1.54) is 205 Å². The molecule has 0 radical (unpaired) electrons. The molecule has 1 aliphatic rings. The molecule has 3 aromatic heterocycles. The number of hydrogen-bond donors (Lipinski definition) is 1. The second-order valence-electron chi connectivity index (χ2n) is 19.2. The molecule has 59 heavy (non-hydrogen) atoms. The van der Waals surface area contributed by atoms with Gasteiger partial charge in [-0.25, -0.2) is 4.39 Å². The van der Waals surface area contributed by atoms with Crippen LogP contribution in [-0.2, 0) is 14.4 Å². The lowest BCUT2D eigenvalue weighted by atomic mass is 9.71. The van der Waals surface area contributed by atoms with Crippen LogP contribution in [0.15, 0.2) is 26.9 Å². The van der Waals surface area contributed by atoms with Gasteiger partial charge in [-0.2, -0.15) is 17.7 Å². The van der Waals surface area contributed by atoms with Crippen LogP contribution in [0.1, 0.15) is 218 Å². The summed E-state index contributed by atoms with van der Waals surface area (Å²) in [5.41, 5.74) is 4.80. The van der Waals surface area contributed by atoms with Crippen molar-refractivity contribution in [2.24, 2.45) is 0 Å². The Hall–Kier alpha value is -1.00. The van der Waals surface area contributed by atoms with Crippen molar-refractivity contribution in [2.45, 2.75) is 216 Å². The topological polar surface area (TPSA) is 49.6 Å². The van der Waals surface area contributed by atoms with E-state index in [0.717, 1.165) is 35.0 Å². The third-order valence-corrected chi connectivity index (χ3v) is 19.9. The van der Waals surface area contributed by atoms with Crippen molar-refractivity contribution in [3.05, 3.63) is 39.6 Å². The highest BCUT2D eigenvalue weighted by Gasteiger charge is 2.46. The van der Waals surface area contributed by atoms with Crippen molar-refractivity contribution < 1.29 is 4.39 Å². The average molecular weight is 949 g/mol. The molecule has 5 rings (SSSR count). The lowest BCUT2D eigenvalue weighted by Crippen LogP contribution is -2.26. The summed E-state index contributed by atoms with van der Waals surface area (Å²) in [5.74, 6) is -0.237. The molecule has 1 aliphatic carbocycles. The summed E-state index contributed by atoms with van der Waals surface area (Å²) in [7, 11) is -2.47. The fraction of sp³-hybridized carbons (Fsp3) is 0.720. The van der Waals surface area contributed by atoms with Crippen LogP contribution in [0, 0.1) is 10.6 Å². The van der Waals surface area contributed by atoms with Crippen LogP contribution in [0.4, 0.5) is 4.39 Å². The summed E-state index contributed by atoms with van der Waals surface area (Å²) in [6.07, 6.45) is 47.0. The molecule has 0 fully saturated rings. The first-order valence-corrected chi connectivity index (χ1v) is 30.4. The molecule has 0 atom stereocenters. The Morgan fingerprint density at radius 1 is 0.559 bits per heavy atom. The molecule has 0 unspecified atom stereocenters. The Kier molecular flexibility index (Phi) is 20.1. The molecule has 0 spiro atoms. The van der Waals surface area contributed by atoms with Gasteiger partial charge in [0, 0.05) is 24.5 Å². The van der Waals surface area contributed by atoms with Gasteiger partial charge in [0.2, 0.25) is 0 Å². The largest absolute Gasteiger partial charge is 0.294 e. The smallest absolute Gasteiger partial charge is 0.135 e. The highest BCUT2D eigenvalue weighted by molar-refractivity contribution is 9.10. The highest BCUT2D eigenvalue weighted by Crippen LogP contribution is 2.62. The second-order valence-corrected chi connectivity index (χ2v) is 28.5. The maximum atomic E-state index is 16.0. The molecular formula is C50H79BrFN3S4. The third kappa shape index (κ3) is 14.0. The van der Waals surface area contributed by atoms with Gasteiger partial charge < -0.3 is 0 Å². The monoisotopic (exact) mass is 947 g/mol. The number of nitrogens with one attached hydrogen (secondary N) is 1. The van der Waals surface area contributed by atoms with E-state index in [9.17, 15) is 4.78 Å². The summed E-state index contributed by atoms with van der Waals surface area (Å²) in [4.78, 5) is 3.64. The molecule has 3 nitrogen and oxygen atoms in total. The Balaban J connectivity index is 1.26. The number of halogens is 2. The van der Waals surface area contributed by atoms with Gasteiger partial charge in [0.1, 0.15) is 16.9 Å². The zero-order chi connectivity index (χ0) is 42.2. The quantitative estimate of drug-likeness (QED) is 0.0496. The minimum atomic E-state index is -2.47. The van der Waals surface area contributed by atoms with Crippen molar-refractivity contribution in [1.82, 2.24) is 8.75 Å². The number of aromatic nitrogens is 2. The lowest BCUT2D eigenvalue weighted by molar-refractivity contribution is 0.397. The van der Waals surface area contributed by atoms with Crippen LogP contribution in [0.3, 0.4) is 0 Å². The number of unbranched alkanes of at least 4 members (excludes halogenated alkanes) is 26. The Morgan fingerprint density at radius 2 is 0.949 bits per heavy atom. The SMILES string of the molecule is CCCCCCCCCCCCCCCCC1(CCCCCCCCCCCCCCCC)c2cc(-c3c(F)cc(Br)c4nsnc34)sc2-c2sc(S(C)(C)(C)=N)cc21. The zero-order valence-electron chi connectivity index (χ0n) is 37.7. The molecule has 0 bridgehead atoms. The van der Waals surface area contributed by atoms with Crippen molar-refractivity contribution in [1.29, 1.82) is 4.78 Å². The Labute approximate surface area is 380 Å². The van der Waals surface area contributed by atoms with E-state index in [-0.39, 0.29) is 11.2 Å².